The van der Waals surface area contributed by atoms with Gasteiger partial charge in [0.15, 0.2) is 0 Å². The van der Waals surface area contributed by atoms with Crippen molar-refractivity contribution in [1.29, 1.82) is 0 Å². The summed E-state index contributed by atoms with van der Waals surface area (Å²) in [5.41, 5.74) is 4.25. The van der Waals surface area contributed by atoms with Crippen LogP contribution in [0.4, 0.5) is 11.4 Å². The van der Waals surface area contributed by atoms with Crippen molar-refractivity contribution in [3.63, 3.8) is 0 Å². The number of fused-ring (bicyclic) bond motifs is 1. The first kappa shape index (κ1) is 12.7. The maximum atomic E-state index is 11.3. The summed E-state index contributed by atoms with van der Waals surface area (Å²) in [5.74, 6) is 4.57. The van der Waals surface area contributed by atoms with Crippen LogP contribution in [0.5, 0.6) is 0 Å². The molecule has 0 bridgehead atoms. The molecule has 0 aromatic heterocycles. The number of likely N-dealkylation sites (N-methyl/N-ethyl adjacent to an activating group) is 1. The Labute approximate surface area is 106 Å². The summed E-state index contributed by atoms with van der Waals surface area (Å²) in [6.07, 6.45) is 0.308. The van der Waals surface area contributed by atoms with Crippen LogP contribution in [0.3, 0.4) is 0 Å². The third-order valence-electron chi connectivity index (χ3n) is 3.10. The molecule has 0 aliphatic carbocycles. The van der Waals surface area contributed by atoms with Crippen molar-refractivity contribution in [2.75, 3.05) is 36.5 Å². The molecule has 1 aromatic carbocycles. The Balaban J connectivity index is 2.03. The number of anilines is 2. The zero-order valence-corrected chi connectivity index (χ0v) is 10.4. The normalized spacial score (nSPS) is 14.3. The summed E-state index contributed by atoms with van der Waals surface area (Å²) in [5, 5.41) is 0. The summed E-state index contributed by atoms with van der Waals surface area (Å²) >= 11 is 0. The highest BCUT2D eigenvalue weighted by Gasteiger charge is 2.20. The Morgan fingerprint density at radius 2 is 2.11 bits per heavy atom. The van der Waals surface area contributed by atoms with E-state index in [1.54, 1.807) is 0 Å². The van der Waals surface area contributed by atoms with E-state index in [4.69, 9.17) is 5.84 Å². The fraction of sp³-hybridized carbons (Fsp3) is 0.417. The maximum Gasteiger partial charge on any atom is 0.328 e. The van der Waals surface area contributed by atoms with Gasteiger partial charge in [0, 0.05) is 26.7 Å². The molecule has 0 spiro atoms. The molecule has 6 nitrogen and oxygen atoms in total. The maximum absolute atomic E-state index is 11.3. The van der Waals surface area contributed by atoms with Crippen LogP contribution in [0.1, 0.15) is 6.42 Å². The number of carbonyl (C=O) groups is 1. The van der Waals surface area contributed by atoms with E-state index in [9.17, 15) is 4.79 Å². The molecule has 6 heteroatoms. The second-order valence-corrected chi connectivity index (χ2v) is 4.24. The number of hydrogen-bond donors (Lipinski definition) is 2. The van der Waals surface area contributed by atoms with E-state index in [2.05, 4.69) is 33.8 Å². The SMILES string of the molecule is CN1CCN(CCC(=O)ONN)c2ccccc21. The largest absolute Gasteiger partial charge is 0.371 e. The molecule has 1 aliphatic heterocycles. The van der Waals surface area contributed by atoms with Crippen LogP contribution in [0.2, 0.25) is 0 Å². The molecular weight excluding hydrogens is 232 g/mol. The smallest absolute Gasteiger partial charge is 0.328 e. The van der Waals surface area contributed by atoms with Crippen molar-refractivity contribution in [3.05, 3.63) is 24.3 Å². The molecule has 0 atom stereocenters. The standard InChI is InChI=1S/C12H18N4O2/c1-15-8-9-16(7-6-12(17)18-14-13)11-5-3-2-4-10(11)15/h2-5,14H,6-9,13H2,1H3. The first-order valence-corrected chi connectivity index (χ1v) is 5.93. The molecule has 1 aromatic rings. The van der Waals surface area contributed by atoms with Gasteiger partial charge in [0.1, 0.15) is 0 Å². The number of rotatable bonds is 4. The minimum absolute atomic E-state index is 0.308. The molecule has 1 aliphatic rings. The number of nitrogens with zero attached hydrogens (tertiary/aromatic N) is 2. The Bertz CT molecular complexity index is 424. The van der Waals surface area contributed by atoms with Gasteiger partial charge in [-0.2, -0.15) is 0 Å². The molecule has 0 radical (unpaired) electrons. The molecule has 2 rings (SSSR count). The van der Waals surface area contributed by atoms with E-state index in [1.165, 1.54) is 5.69 Å². The van der Waals surface area contributed by atoms with Crippen molar-refractivity contribution in [2.45, 2.75) is 6.42 Å². The average molecular weight is 250 g/mol. The molecule has 98 valence electrons. The third-order valence-corrected chi connectivity index (χ3v) is 3.10. The first-order chi connectivity index (χ1) is 8.72. The molecule has 0 fully saturated rings. The predicted molar refractivity (Wildman–Crippen MR) is 70.0 cm³/mol. The number of hydrazine groups is 1. The molecule has 0 saturated heterocycles. The lowest BCUT2D eigenvalue weighted by Crippen LogP contribution is -2.40. The van der Waals surface area contributed by atoms with E-state index >= 15 is 0 Å². The van der Waals surface area contributed by atoms with Crippen molar-refractivity contribution >= 4 is 17.3 Å². The van der Waals surface area contributed by atoms with Crippen molar-refractivity contribution in [1.82, 2.24) is 5.59 Å². The van der Waals surface area contributed by atoms with Gasteiger partial charge in [0.25, 0.3) is 0 Å². The number of nitrogens with two attached hydrogens (primary N) is 1. The van der Waals surface area contributed by atoms with Gasteiger partial charge in [-0.25, -0.2) is 5.84 Å². The lowest BCUT2D eigenvalue weighted by molar-refractivity contribution is -0.151. The first-order valence-electron chi connectivity index (χ1n) is 5.93. The van der Waals surface area contributed by atoms with Gasteiger partial charge in [-0.3, -0.25) is 4.79 Å². The summed E-state index contributed by atoms with van der Waals surface area (Å²) < 4.78 is 0. The van der Waals surface area contributed by atoms with Crippen LogP contribution in [0.15, 0.2) is 24.3 Å². The Morgan fingerprint density at radius 3 is 2.83 bits per heavy atom. The Hall–Kier alpha value is -1.79. The Kier molecular flexibility index (Phi) is 4.01. The molecule has 0 amide bonds. The fourth-order valence-electron chi connectivity index (χ4n) is 2.14. The van der Waals surface area contributed by atoms with Crippen LogP contribution >= 0.6 is 0 Å². The summed E-state index contributed by atoms with van der Waals surface area (Å²) in [6, 6.07) is 8.18. The van der Waals surface area contributed by atoms with Crippen LogP contribution in [0.25, 0.3) is 0 Å². The molecule has 18 heavy (non-hydrogen) atoms. The third kappa shape index (κ3) is 2.72. The monoisotopic (exact) mass is 250 g/mol. The van der Waals surface area contributed by atoms with Crippen LogP contribution in [-0.4, -0.2) is 32.7 Å². The molecule has 0 unspecified atom stereocenters. The molecular formula is C12H18N4O2. The highest BCUT2D eigenvalue weighted by molar-refractivity contribution is 5.74. The molecule has 1 heterocycles. The average Bonchev–Trinajstić information content (AvgIpc) is 2.39. The Morgan fingerprint density at radius 1 is 1.39 bits per heavy atom. The van der Waals surface area contributed by atoms with E-state index in [1.807, 2.05) is 17.7 Å². The summed E-state index contributed by atoms with van der Waals surface area (Å²) in [6.45, 7) is 2.48. The van der Waals surface area contributed by atoms with Crippen molar-refractivity contribution in [3.8, 4) is 0 Å². The van der Waals surface area contributed by atoms with Gasteiger partial charge < -0.3 is 14.6 Å². The van der Waals surface area contributed by atoms with E-state index < -0.39 is 0 Å². The van der Waals surface area contributed by atoms with Gasteiger partial charge in [-0.05, 0) is 12.1 Å². The topological polar surface area (TPSA) is 70.8 Å². The number of benzene rings is 1. The number of para-hydroxylation sites is 2. The second-order valence-electron chi connectivity index (χ2n) is 4.24. The second kappa shape index (κ2) is 5.70. The lowest BCUT2D eigenvalue weighted by atomic mass is 10.1. The zero-order chi connectivity index (χ0) is 13.0. The van der Waals surface area contributed by atoms with E-state index in [-0.39, 0.29) is 5.97 Å². The van der Waals surface area contributed by atoms with Gasteiger partial charge in [-0.15, -0.1) is 0 Å². The lowest BCUT2D eigenvalue weighted by Gasteiger charge is -2.36. The minimum atomic E-state index is -0.353. The highest BCUT2D eigenvalue weighted by Crippen LogP contribution is 2.31. The molecule has 3 N–H and O–H groups in total. The van der Waals surface area contributed by atoms with Crippen molar-refractivity contribution in [2.24, 2.45) is 5.84 Å². The van der Waals surface area contributed by atoms with E-state index in [0.29, 0.717) is 13.0 Å². The highest BCUT2D eigenvalue weighted by atomic mass is 16.7. The van der Waals surface area contributed by atoms with Crippen LogP contribution in [-0.2, 0) is 9.63 Å². The molecule has 0 saturated carbocycles. The van der Waals surface area contributed by atoms with Gasteiger partial charge in [0.05, 0.1) is 17.8 Å². The van der Waals surface area contributed by atoms with Crippen molar-refractivity contribution < 1.29 is 9.63 Å². The van der Waals surface area contributed by atoms with E-state index in [0.717, 1.165) is 18.8 Å². The fourth-order valence-corrected chi connectivity index (χ4v) is 2.14. The van der Waals surface area contributed by atoms with Gasteiger partial charge in [-0.1, -0.05) is 17.7 Å². The summed E-state index contributed by atoms with van der Waals surface area (Å²) in [7, 11) is 2.07. The predicted octanol–water partition coefficient (Wildman–Crippen LogP) is 0.254. The van der Waals surface area contributed by atoms with Crippen LogP contribution in [0, 0.1) is 0 Å². The number of hydrogen-bond acceptors (Lipinski definition) is 6. The summed E-state index contributed by atoms with van der Waals surface area (Å²) in [4.78, 5) is 20.2. The number of carbonyl (C=O) groups excluding carboxylic acids is 1. The van der Waals surface area contributed by atoms with Crippen LogP contribution < -0.4 is 21.2 Å². The van der Waals surface area contributed by atoms with Gasteiger partial charge >= 0.3 is 5.97 Å². The van der Waals surface area contributed by atoms with Gasteiger partial charge in [0.2, 0.25) is 0 Å². The quantitative estimate of drug-likeness (QED) is 0.590. The minimum Gasteiger partial charge on any atom is -0.371 e. The number of nitrogens with one attached hydrogen (secondary N) is 1. The zero-order valence-electron chi connectivity index (χ0n) is 10.4.